The first-order valence-electron chi connectivity index (χ1n) is 10.9. The smallest absolute Gasteiger partial charge is 0.225 e. The second-order valence-electron chi connectivity index (χ2n) is 9.58. The fourth-order valence-electron chi connectivity index (χ4n) is 4.70. The molecule has 1 aliphatic heterocycles. The van der Waals surface area contributed by atoms with Crippen molar-refractivity contribution in [3.05, 3.63) is 77.6 Å². The van der Waals surface area contributed by atoms with Gasteiger partial charge in [-0.1, -0.05) is 38.1 Å². The fraction of sp³-hybridized carbons (Fsp3) is 0.346. The van der Waals surface area contributed by atoms with Gasteiger partial charge >= 0.3 is 0 Å². The van der Waals surface area contributed by atoms with Crippen LogP contribution in [0.1, 0.15) is 43.5 Å². The van der Waals surface area contributed by atoms with E-state index in [4.69, 9.17) is 4.74 Å². The lowest BCUT2D eigenvalue weighted by molar-refractivity contribution is -0.134. The number of carbonyl (C=O) groups is 1. The van der Waals surface area contributed by atoms with E-state index >= 15 is 0 Å². The molecule has 1 aliphatic carbocycles. The van der Waals surface area contributed by atoms with E-state index in [-0.39, 0.29) is 16.6 Å². The molecule has 6 heteroatoms. The van der Waals surface area contributed by atoms with Gasteiger partial charge in [0, 0.05) is 43.0 Å². The highest BCUT2D eigenvalue weighted by molar-refractivity contribution is 5.87. The first-order chi connectivity index (χ1) is 15.3. The third kappa shape index (κ3) is 3.81. The van der Waals surface area contributed by atoms with Crippen LogP contribution < -0.4 is 9.64 Å². The molecule has 1 N–H and O–H groups in total. The Labute approximate surface area is 187 Å². The predicted molar refractivity (Wildman–Crippen MR) is 122 cm³/mol. The van der Waals surface area contributed by atoms with Crippen LogP contribution in [0, 0.1) is 5.41 Å². The number of aromatic nitrogens is 2. The van der Waals surface area contributed by atoms with Gasteiger partial charge < -0.3 is 14.7 Å². The Bertz CT molecular complexity index is 1120. The normalized spacial score (nSPS) is 17.1. The van der Waals surface area contributed by atoms with E-state index in [1.807, 2.05) is 30.3 Å². The lowest BCUT2D eigenvalue weighted by atomic mass is 9.63. The number of carbonyl (C=O) groups excluding carboxylic acids is 1. The Kier molecular flexibility index (Phi) is 4.88. The minimum atomic E-state index is -0.187. The number of hydrogen-bond donors (Lipinski definition) is 1. The van der Waals surface area contributed by atoms with Gasteiger partial charge in [-0.15, -0.1) is 0 Å². The van der Waals surface area contributed by atoms with E-state index in [2.05, 4.69) is 40.8 Å². The van der Waals surface area contributed by atoms with Crippen molar-refractivity contribution in [1.82, 2.24) is 9.97 Å². The molecule has 2 aromatic carbocycles. The number of nitrogens with zero attached hydrogens (tertiary/aromatic N) is 3. The van der Waals surface area contributed by atoms with E-state index in [0.29, 0.717) is 31.2 Å². The summed E-state index contributed by atoms with van der Waals surface area (Å²) in [6.07, 6.45) is 3.17. The largest absolute Gasteiger partial charge is 0.508 e. The molecule has 6 nitrogen and oxygen atoms in total. The molecule has 0 atom stereocenters. The lowest BCUT2D eigenvalue weighted by Crippen LogP contribution is -2.63. The van der Waals surface area contributed by atoms with Crippen molar-refractivity contribution in [2.45, 2.75) is 38.7 Å². The minimum absolute atomic E-state index is 0.183. The van der Waals surface area contributed by atoms with Crippen molar-refractivity contribution in [3.63, 3.8) is 0 Å². The van der Waals surface area contributed by atoms with Crippen LogP contribution in [-0.4, -0.2) is 33.9 Å². The van der Waals surface area contributed by atoms with E-state index in [0.717, 1.165) is 30.1 Å². The summed E-state index contributed by atoms with van der Waals surface area (Å²) in [5.74, 6) is 2.13. The maximum atomic E-state index is 11.3. The highest BCUT2D eigenvalue weighted by Crippen LogP contribution is 2.46. The summed E-state index contributed by atoms with van der Waals surface area (Å²) < 4.78 is 5.97. The number of hydrogen-bond acceptors (Lipinski definition) is 6. The predicted octanol–water partition coefficient (Wildman–Crippen LogP) is 4.26. The quantitative estimate of drug-likeness (QED) is 0.631. The Morgan fingerprint density at radius 3 is 2.25 bits per heavy atom. The molecule has 32 heavy (non-hydrogen) atoms. The zero-order valence-electron chi connectivity index (χ0n) is 18.4. The van der Waals surface area contributed by atoms with Crippen LogP contribution >= 0.6 is 0 Å². The molecular weight excluding hydrogens is 402 g/mol. The van der Waals surface area contributed by atoms with Crippen molar-refractivity contribution in [2.24, 2.45) is 5.41 Å². The van der Waals surface area contributed by atoms with Crippen molar-refractivity contribution >= 4 is 11.7 Å². The Morgan fingerprint density at radius 2 is 1.62 bits per heavy atom. The number of anilines is 1. The highest BCUT2D eigenvalue weighted by Gasteiger charge is 2.52. The van der Waals surface area contributed by atoms with Gasteiger partial charge in [0.2, 0.25) is 5.95 Å². The zero-order valence-corrected chi connectivity index (χ0v) is 18.4. The zero-order chi connectivity index (χ0) is 22.3. The van der Waals surface area contributed by atoms with Crippen LogP contribution in [0.2, 0.25) is 0 Å². The van der Waals surface area contributed by atoms with E-state index < -0.39 is 0 Å². The van der Waals surface area contributed by atoms with Crippen molar-refractivity contribution in [3.8, 4) is 11.5 Å². The summed E-state index contributed by atoms with van der Waals surface area (Å²) in [5.41, 5.74) is 3.13. The molecule has 1 saturated heterocycles. The molecule has 2 fully saturated rings. The van der Waals surface area contributed by atoms with Gasteiger partial charge in [0.25, 0.3) is 0 Å². The maximum Gasteiger partial charge on any atom is 0.225 e. The summed E-state index contributed by atoms with van der Waals surface area (Å²) >= 11 is 0. The number of aromatic hydroxyl groups is 1. The van der Waals surface area contributed by atoms with E-state index in [1.165, 1.54) is 5.56 Å². The van der Waals surface area contributed by atoms with Crippen LogP contribution in [0.4, 0.5) is 5.95 Å². The van der Waals surface area contributed by atoms with Crippen LogP contribution in [0.3, 0.4) is 0 Å². The highest BCUT2D eigenvalue weighted by atomic mass is 16.5. The molecule has 164 valence electrons. The molecule has 1 aromatic heterocycles. The van der Waals surface area contributed by atoms with Crippen LogP contribution in [-0.2, 0) is 16.8 Å². The number of ketones is 1. The lowest BCUT2D eigenvalue weighted by Gasteiger charge is -2.54. The van der Waals surface area contributed by atoms with Gasteiger partial charge in [-0.3, -0.25) is 4.79 Å². The molecular formula is C26H27N3O3. The van der Waals surface area contributed by atoms with Gasteiger partial charge in [0.15, 0.2) is 0 Å². The van der Waals surface area contributed by atoms with Gasteiger partial charge in [-0.2, -0.15) is 0 Å². The number of phenols is 1. The Balaban J connectivity index is 1.20. The molecule has 1 saturated carbocycles. The van der Waals surface area contributed by atoms with Crippen molar-refractivity contribution < 1.29 is 14.6 Å². The number of benzene rings is 2. The number of Topliss-reactive ketones (excluding diaryl/α,β-unsaturated/α-hetero) is 1. The van der Waals surface area contributed by atoms with Crippen LogP contribution in [0.25, 0.3) is 0 Å². The topological polar surface area (TPSA) is 75.6 Å². The number of phenolic OH excluding ortho intramolecular Hbond substituents is 1. The van der Waals surface area contributed by atoms with Crippen molar-refractivity contribution in [1.29, 1.82) is 0 Å². The molecule has 0 amide bonds. The van der Waals surface area contributed by atoms with Gasteiger partial charge in [0.1, 0.15) is 23.9 Å². The van der Waals surface area contributed by atoms with Gasteiger partial charge in [-0.05, 0) is 41.5 Å². The summed E-state index contributed by atoms with van der Waals surface area (Å²) in [4.78, 5) is 22.5. The molecule has 3 aromatic rings. The minimum Gasteiger partial charge on any atom is -0.508 e. The van der Waals surface area contributed by atoms with E-state index in [9.17, 15) is 9.90 Å². The average Bonchev–Trinajstić information content (AvgIpc) is 2.74. The average molecular weight is 430 g/mol. The first kappa shape index (κ1) is 20.5. The SMILES string of the molecule is CC(C)(c1ccc(O)cc1)c1ccc(OCc2ccnc(N3CC4(CC(=O)C4)C3)n2)cc1. The second-order valence-corrected chi connectivity index (χ2v) is 9.58. The van der Waals surface area contributed by atoms with Crippen LogP contribution in [0.5, 0.6) is 11.5 Å². The third-order valence-corrected chi connectivity index (χ3v) is 6.73. The molecule has 1 spiro atoms. The second kappa shape index (κ2) is 7.62. The molecule has 0 radical (unpaired) electrons. The van der Waals surface area contributed by atoms with Crippen molar-refractivity contribution in [2.75, 3.05) is 18.0 Å². The van der Waals surface area contributed by atoms with Gasteiger partial charge in [-0.25, -0.2) is 9.97 Å². The Morgan fingerprint density at radius 1 is 1.00 bits per heavy atom. The summed E-state index contributed by atoms with van der Waals surface area (Å²) in [7, 11) is 0. The maximum absolute atomic E-state index is 11.3. The first-order valence-corrected chi connectivity index (χ1v) is 10.9. The number of ether oxygens (including phenoxy) is 1. The fourth-order valence-corrected chi connectivity index (χ4v) is 4.70. The third-order valence-electron chi connectivity index (χ3n) is 6.73. The summed E-state index contributed by atoms with van der Waals surface area (Å²) in [5, 5.41) is 9.55. The number of rotatable bonds is 6. The molecule has 2 heterocycles. The molecule has 0 bridgehead atoms. The molecule has 2 aliphatic rings. The standard InChI is InChI=1S/C26H27N3O3/c1-25(2,18-3-7-21(30)8-4-18)19-5-9-23(10-6-19)32-15-20-11-12-27-24(28-20)29-16-26(17-29)13-22(31)14-26/h3-12,30H,13-17H2,1-2H3. The summed E-state index contributed by atoms with van der Waals surface area (Å²) in [6, 6.07) is 17.3. The Hall–Kier alpha value is -3.41. The monoisotopic (exact) mass is 429 g/mol. The van der Waals surface area contributed by atoms with E-state index in [1.54, 1.807) is 18.3 Å². The van der Waals surface area contributed by atoms with Gasteiger partial charge in [0.05, 0.1) is 5.69 Å². The molecule has 5 rings (SSSR count). The molecule has 0 unspecified atom stereocenters. The summed E-state index contributed by atoms with van der Waals surface area (Å²) in [6.45, 7) is 6.42. The van der Waals surface area contributed by atoms with Crippen LogP contribution in [0.15, 0.2) is 60.8 Å².